The fourth-order valence-corrected chi connectivity index (χ4v) is 2.38. The summed E-state index contributed by atoms with van der Waals surface area (Å²) < 4.78 is 38.0. The summed E-state index contributed by atoms with van der Waals surface area (Å²) in [7, 11) is 0. The molecule has 25 heavy (non-hydrogen) atoms. The molecule has 2 aromatic rings. The molecule has 0 aliphatic heterocycles. The van der Waals surface area contributed by atoms with Crippen molar-refractivity contribution in [2.75, 3.05) is 0 Å². The topological polar surface area (TPSA) is 32.6 Å². The quantitative estimate of drug-likeness (QED) is 0.567. The van der Waals surface area contributed by atoms with Crippen LogP contribution in [0.1, 0.15) is 30.5 Å². The Balaban J connectivity index is 2.45. The van der Waals surface area contributed by atoms with Crippen LogP contribution in [-0.4, -0.2) is 16.9 Å². The number of thiol groups is 1. The normalized spacial score (nSPS) is 14.9. The highest BCUT2D eigenvalue weighted by molar-refractivity contribution is 7.84. The average molecular weight is 365 g/mol. The third kappa shape index (κ3) is 4.96. The van der Waals surface area contributed by atoms with Gasteiger partial charge in [-0.3, -0.25) is 4.99 Å². The molecule has 1 unspecified atom stereocenters. The molecule has 0 radical (unpaired) electrons. The molecule has 2 nitrogen and oxygen atoms in total. The first-order valence-corrected chi connectivity index (χ1v) is 8.04. The van der Waals surface area contributed by atoms with Gasteiger partial charge in [0.25, 0.3) is 0 Å². The number of aliphatic imine (C=N–C) groups is 1. The third-order valence-corrected chi connectivity index (χ3v) is 4.18. The van der Waals surface area contributed by atoms with E-state index in [9.17, 15) is 18.3 Å². The molecule has 0 spiro atoms. The number of hydrogen-bond acceptors (Lipinski definition) is 3. The predicted molar refractivity (Wildman–Crippen MR) is 97.7 cm³/mol. The lowest BCUT2D eigenvalue weighted by molar-refractivity contribution is -0.137. The molecular weight excluding hydrogens is 347 g/mol. The number of benzene rings is 2. The van der Waals surface area contributed by atoms with E-state index in [1.165, 1.54) is 12.1 Å². The highest BCUT2D eigenvalue weighted by Crippen LogP contribution is 2.30. The smallest absolute Gasteiger partial charge is 0.388 e. The largest absolute Gasteiger partial charge is 0.416 e. The summed E-state index contributed by atoms with van der Waals surface area (Å²) in [5.41, 5.74) is 1.63. The second-order valence-corrected chi connectivity index (χ2v) is 6.03. The Kier molecular flexibility index (Phi) is 6.08. The van der Waals surface area contributed by atoms with Crippen molar-refractivity contribution in [3.8, 4) is 0 Å². The van der Waals surface area contributed by atoms with Gasteiger partial charge in [-0.2, -0.15) is 13.2 Å². The highest BCUT2D eigenvalue weighted by Gasteiger charge is 2.30. The number of aliphatic hydroxyl groups is 1. The number of aliphatic hydroxyl groups excluding tert-OH is 1. The van der Waals surface area contributed by atoms with Gasteiger partial charge in [0.1, 0.15) is 0 Å². The molecule has 0 saturated carbocycles. The second kappa shape index (κ2) is 7.89. The Morgan fingerprint density at radius 1 is 1.00 bits per heavy atom. The zero-order valence-electron chi connectivity index (χ0n) is 13.7. The van der Waals surface area contributed by atoms with Crippen LogP contribution in [0.2, 0.25) is 0 Å². The van der Waals surface area contributed by atoms with Crippen LogP contribution in [0.15, 0.2) is 64.5 Å². The molecule has 0 aromatic heterocycles. The van der Waals surface area contributed by atoms with E-state index in [4.69, 9.17) is 0 Å². The van der Waals surface area contributed by atoms with Crippen LogP contribution >= 0.6 is 12.6 Å². The minimum absolute atomic E-state index is 0.387. The Morgan fingerprint density at radius 2 is 1.56 bits per heavy atom. The van der Waals surface area contributed by atoms with Gasteiger partial charge in [-0.05, 0) is 31.5 Å². The van der Waals surface area contributed by atoms with Crippen LogP contribution in [0.4, 0.5) is 13.2 Å². The summed E-state index contributed by atoms with van der Waals surface area (Å²) in [5, 5.41) is 9.83. The highest BCUT2D eigenvalue weighted by atomic mass is 32.1. The molecule has 2 aromatic carbocycles. The maximum absolute atomic E-state index is 12.7. The van der Waals surface area contributed by atoms with Crippen molar-refractivity contribution in [2.24, 2.45) is 4.99 Å². The van der Waals surface area contributed by atoms with Crippen LogP contribution in [0.5, 0.6) is 0 Å². The number of alkyl halides is 3. The van der Waals surface area contributed by atoms with Gasteiger partial charge in [0, 0.05) is 16.2 Å². The molecule has 132 valence electrons. The average Bonchev–Trinajstić information content (AvgIpc) is 2.59. The second-order valence-electron chi connectivity index (χ2n) is 5.55. The van der Waals surface area contributed by atoms with Gasteiger partial charge in [0.15, 0.2) is 0 Å². The molecule has 1 atom stereocenters. The van der Waals surface area contributed by atoms with Gasteiger partial charge < -0.3 is 5.11 Å². The van der Waals surface area contributed by atoms with Crippen LogP contribution in [0.25, 0.3) is 5.70 Å². The van der Waals surface area contributed by atoms with Crippen LogP contribution in [0.3, 0.4) is 0 Å². The molecule has 6 heteroatoms. The minimum Gasteiger partial charge on any atom is -0.388 e. The lowest BCUT2D eigenvalue weighted by Crippen LogP contribution is -2.06. The fraction of sp³-hybridized carbons (Fsp3) is 0.211. The molecule has 0 amide bonds. The number of nitrogens with zero attached hydrogens (tertiary/aromatic N) is 1. The maximum atomic E-state index is 12.7. The van der Waals surface area contributed by atoms with Gasteiger partial charge >= 0.3 is 6.18 Å². The van der Waals surface area contributed by atoms with E-state index < -0.39 is 17.8 Å². The molecule has 0 aliphatic rings. The van der Waals surface area contributed by atoms with Crippen LogP contribution < -0.4 is 0 Å². The summed E-state index contributed by atoms with van der Waals surface area (Å²) in [6, 6.07) is 14.0. The van der Waals surface area contributed by atoms with Crippen molar-refractivity contribution in [3.05, 3.63) is 76.2 Å². The molecule has 0 fully saturated rings. The van der Waals surface area contributed by atoms with Crippen LogP contribution in [0, 0.1) is 0 Å². The van der Waals surface area contributed by atoms with Crippen LogP contribution in [-0.2, 0) is 6.18 Å². The first kappa shape index (κ1) is 19.3. The van der Waals surface area contributed by atoms with E-state index in [0.29, 0.717) is 21.9 Å². The molecule has 1 N–H and O–H groups in total. The van der Waals surface area contributed by atoms with Gasteiger partial charge in [-0.25, -0.2) is 0 Å². The first-order valence-electron chi connectivity index (χ1n) is 7.59. The van der Waals surface area contributed by atoms with E-state index in [1.807, 2.05) is 30.3 Å². The van der Waals surface area contributed by atoms with Gasteiger partial charge in [0.05, 0.1) is 17.4 Å². The molecule has 0 bridgehead atoms. The number of hydrogen-bond donors (Lipinski definition) is 2. The monoisotopic (exact) mass is 365 g/mol. The number of rotatable bonds is 4. The summed E-state index contributed by atoms with van der Waals surface area (Å²) in [6.07, 6.45) is -5.19. The molecular formula is C19H18F3NOS. The van der Waals surface area contributed by atoms with Crippen molar-refractivity contribution in [2.45, 2.75) is 26.1 Å². The minimum atomic E-state index is -4.37. The van der Waals surface area contributed by atoms with Crippen molar-refractivity contribution in [3.63, 3.8) is 0 Å². The van der Waals surface area contributed by atoms with Gasteiger partial charge in [-0.15, -0.1) is 12.6 Å². The summed E-state index contributed by atoms with van der Waals surface area (Å²) in [6.45, 7) is 3.28. The Hall–Kier alpha value is -2.05. The summed E-state index contributed by atoms with van der Waals surface area (Å²) in [5.74, 6) is 0. The Labute approximate surface area is 150 Å². The molecule has 0 heterocycles. The number of halogens is 3. The van der Waals surface area contributed by atoms with E-state index in [-0.39, 0.29) is 0 Å². The van der Waals surface area contributed by atoms with Crippen molar-refractivity contribution in [1.29, 1.82) is 0 Å². The van der Waals surface area contributed by atoms with Crippen molar-refractivity contribution >= 4 is 24.0 Å². The SMILES string of the molecule is CC(=N/C(=C(\S)C(C)O)c1ccccc1)c1ccc(C(F)(F)F)cc1. The molecule has 0 saturated heterocycles. The van der Waals surface area contributed by atoms with Crippen molar-refractivity contribution in [1.82, 2.24) is 0 Å². The molecule has 0 aliphatic carbocycles. The lowest BCUT2D eigenvalue weighted by Gasteiger charge is -2.12. The lowest BCUT2D eigenvalue weighted by atomic mass is 10.1. The van der Waals surface area contributed by atoms with Gasteiger partial charge in [0.2, 0.25) is 0 Å². The Bertz CT molecular complexity index is 779. The zero-order valence-corrected chi connectivity index (χ0v) is 14.6. The summed E-state index contributed by atoms with van der Waals surface area (Å²) >= 11 is 4.35. The fourth-order valence-electron chi connectivity index (χ4n) is 2.20. The predicted octanol–water partition coefficient (Wildman–Crippen LogP) is 5.19. The summed E-state index contributed by atoms with van der Waals surface area (Å²) in [4.78, 5) is 4.90. The van der Waals surface area contributed by atoms with Crippen molar-refractivity contribution < 1.29 is 18.3 Å². The van der Waals surface area contributed by atoms with E-state index in [0.717, 1.165) is 17.7 Å². The van der Waals surface area contributed by atoms with Gasteiger partial charge in [-0.1, -0.05) is 42.5 Å². The zero-order chi connectivity index (χ0) is 18.6. The van der Waals surface area contributed by atoms with E-state index in [2.05, 4.69) is 17.6 Å². The van der Waals surface area contributed by atoms with E-state index in [1.54, 1.807) is 13.8 Å². The third-order valence-electron chi connectivity index (χ3n) is 3.60. The first-order chi connectivity index (χ1) is 11.7. The Morgan fingerprint density at radius 3 is 2.04 bits per heavy atom. The maximum Gasteiger partial charge on any atom is 0.416 e. The molecule has 2 rings (SSSR count). The standard InChI is InChI=1S/C19H18F3NOS/c1-12(14-8-10-16(11-9-14)19(20,21)22)23-17(18(25)13(2)24)15-6-4-3-5-7-15/h3-11,13,24-25H,1-2H3/b18-17-,23-12?. The van der Waals surface area contributed by atoms with E-state index >= 15 is 0 Å².